The second kappa shape index (κ2) is 3.22. The molecule has 1 aliphatic heterocycles. The molecule has 1 saturated heterocycles. The lowest BCUT2D eigenvalue weighted by Gasteiger charge is -2.32. The molecule has 0 radical (unpaired) electrons. The molecule has 1 N–H and O–H groups in total. The highest BCUT2D eigenvalue weighted by molar-refractivity contribution is 5.76. The van der Waals surface area contributed by atoms with E-state index in [1.54, 1.807) is 7.11 Å². The van der Waals surface area contributed by atoms with Gasteiger partial charge < -0.3 is 10.1 Å². The smallest absolute Gasteiger partial charge is 0.220 e. The summed E-state index contributed by atoms with van der Waals surface area (Å²) in [6.45, 7) is 3.61. The number of hydrogen-bond donors (Lipinski definition) is 1. The van der Waals surface area contributed by atoms with Crippen molar-refractivity contribution in [1.82, 2.24) is 5.32 Å². The minimum absolute atomic E-state index is 0.155. The molecule has 64 valence electrons. The molecule has 0 aromatic rings. The van der Waals surface area contributed by atoms with Crippen molar-refractivity contribution < 1.29 is 9.53 Å². The van der Waals surface area contributed by atoms with E-state index in [2.05, 4.69) is 12.2 Å². The topological polar surface area (TPSA) is 38.3 Å². The van der Waals surface area contributed by atoms with Crippen LogP contribution in [0.15, 0.2) is 0 Å². The van der Waals surface area contributed by atoms with Crippen molar-refractivity contribution in [2.45, 2.75) is 19.8 Å². The fraction of sp³-hybridized carbons (Fsp3) is 0.875. The van der Waals surface area contributed by atoms with Crippen LogP contribution in [0.25, 0.3) is 0 Å². The number of rotatable bonds is 2. The SMILES string of the molecule is COCC1(C)CCC(=O)NC1. The molecule has 0 aromatic carbocycles. The molecule has 1 atom stereocenters. The van der Waals surface area contributed by atoms with Gasteiger partial charge in [-0.3, -0.25) is 4.79 Å². The lowest BCUT2D eigenvalue weighted by Crippen LogP contribution is -2.43. The Labute approximate surface area is 67.1 Å². The van der Waals surface area contributed by atoms with Crippen LogP contribution in [0.4, 0.5) is 0 Å². The first-order valence-electron chi connectivity index (χ1n) is 3.92. The highest BCUT2D eigenvalue weighted by Gasteiger charge is 2.29. The Morgan fingerprint density at radius 1 is 1.73 bits per heavy atom. The average molecular weight is 157 g/mol. The largest absolute Gasteiger partial charge is 0.384 e. The molecule has 1 aliphatic rings. The monoisotopic (exact) mass is 157 g/mol. The summed E-state index contributed by atoms with van der Waals surface area (Å²) >= 11 is 0. The Morgan fingerprint density at radius 3 is 2.91 bits per heavy atom. The van der Waals surface area contributed by atoms with Crippen LogP contribution < -0.4 is 5.32 Å². The lowest BCUT2D eigenvalue weighted by atomic mass is 9.83. The third-order valence-electron chi connectivity index (χ3n) is 2.16. The third kappa shape index (κ3) is 2.19. The van der Waals surface area contributed by atoms with Crippen molar-refractivity contribution in [2.75, 3.05) is 20.3 Å². The number of methoxy groups -OCH3 is 1. The Bertz CT molecular complexity index is 146. The van der Waals surface area contributed by atoms with Gasteiger partial charge in [-0.1, -0.05) is 6.92 Å². The molecule has 1 amide bonds. The zero-order chi connectivity index (χ0) is 8.32. The normalized spacial score (nSPS) is 31.6. The van der Waals surface area contributed by atoms with Gasteiger partial charge in [-0.15, -0.1) is 0 Å². The minimum Gasteiger partial charge on any atom is -0.384 e. The van der Waals surface area contributed by atoms with Gasteiger partial charge in [-0.2, -0.15) is 0 Å². The van der Waals surface area contributed by atoms with Crippen molar-refractivity contribution in [3.8, 4) is 0 Å². The minimum atomic E-state index is 0.155. The molecule has 0 saturated carbocycles. The third-order valence-corrected chi connectivity index (χ3v) is 2.16. The van der Waals surface area contributed by atoms with Gasteiger partial charge in [0.1, 0.15) is 0 Å². The highest BCUT2D eigenvalue weighted by Crippen LogP contribution is 2.25. The maximum absolute atomic E-state index is 10.8. The predicted molar refractivity (Wildman–Crippen MR) is 42.2 cm³/mol. The van der Waals surface area contributed by atoms with Crippen LogP contribution in [0, 0.1) is 5.41 Å². The van der Waals surface area contributed by atoms with E-state index in [9.17, 15) is 4.79 Å². The van der Waals surface area contributed by atoms with Gasteiger partial charge >= 0.3 is 0 Å². The molecule has 3 heteroatoms. The molecule has 1 unspecified atom stereocenters. The Morgan fingerprint density at radius 2 is 2.45 bits per heavy atom. The van der Waals surface area contributed by atoms with Crippen LogP contribution in [0.1, 0.15) is 19.8 Å². The molecule has 1 rings (SSSR count). The molecule has 0 spiro atoms. The van der Waals surface area contributed by atoms with Gasteiger partial charge in [-0.05, 0) is 6.42 Å². The fourth-order valence-electron chi connectivity index (χ4n) is 1.38. The zero-order valence-electron chi connectivity index (χ0n) is 7.14. The number of carbonyl (C=O) groups excluding carboxylic acids is 1. The van der Waals surface area contributed by atoms with E-state index in [4.69, 9.17) is 4.74 Å². The fourth-order valence-corrected chi connectivity index (χ4v) is 1.38. The second-order valence-electron chi connectivity index (χ2n) is 3.52. The molecule has 0 aromatic heterocycles. The number of hydrogen-bond acceptors (Lipinski definition) is 2. The lowest BCUT2D eigenvalue weighted by molar-refractivity contribution is -0.124. The van der Waals surface area contributed by atoms with Crippen molar-refractivity contribution in [3.63, 3.8) is 0 Å². The Kier molecular flexibility index (Phi) is 2.49. The van der Waals surface area contributed by atoms with E-state index in [0.717, 1.165) is 19.6 Å². The molecule has 1 heterocycles. The highest BCUT2D eigenvalue weighted by atomic mass is 16.5. The molecule has 11 heavy (non-hydrogen) atoms. The van der Waals surface area contributed by atoms with E-state index in [0.29, 0.717) is 6.42 Å². The van der Waals surface area contributed by atoms with Gasteiger partial charge in [-0.25, -0.2) is 0 Å². The van der Waals surface area contributed by atoms with E-state index < -0.39 is 0 Å². The number of amides is 1. The first-order valence-corrected chi connectivity index (χ1v) is 3.92. The number of piperidine rings is 1. The quantitative estimate of drug-likeness (QED) is 0.635. The Hall–Kier alpha value is -0.570. The van der Waals surface area contributed by atoms with Crippen molar-refractivity contribution >= 4 is 5.91 Å². The molecular weight excluding hydrogens is 142 g/mol. The van der Waals surface area contributed by atoms with Crippen LogP contribution in [-0.4, -0.2) is 26.2 Å². The van der Waals surface area contributed by atoms with Gasteiger partial charge in [0, 0.05) is 25.5 Å². The van der Waals surface area contributed by atoms with E-state index in [1.807, 2.05) is 0 Å². The number of carbonyl (C=O) groups is 1. The number of ether oxygens (including phenoxy) is 1. The van der Waals surface area contributed by atoms with E-state index >= 15 is 0 Å². The van der Waals surface area contributed by atoms with Crippen molar-refractivity contribution in [3.05, 3.63) is 0 Å². The molecular formula is C8H15NO2. The molecule has 0 aliphatic carbocycles. The summed E-state index contributed by atoms with van der Waals surface area (Å²) in [4.78, 5) is 10.8. The van der Waals surface area contributed by atoms with Gasteiger partial charge in [0.05, 0.1) is 6.61 Å². The zero-order valence-corrected chi connectivity index (χ0v) is 7.14. The standard InChI is InChI=1S/C8H15NO2/c1-8(6-11-2)4-3-7(10)9-5-8/h3-6H2,1-2H3,(H,9,10). The van der Waals surface area contributed by atoms with Crippen molar-refractivity contribution in [2.24, 2.45) is 5.41 Å². The first kappa shape index (κ1) is 8.53. The molecule has 0 bridgehead atoms. The van der Waals surface area contributed by atoms with Crippen LogP contribution in [0.3, 0.4) is 0 Å². The second-order valence-corrected chi connectivity index (χ2v) is 3.52. The maximum Gasteiger partial charge on any atom is 0.220 e. The van der Waals surface area contributed by atoms with Crippen LogP contribution in [0.2, 0.25) is 0 Å². The Balaban J connectivity index is 2.41. The summed E-state index contributed by atoms with van der Waals surface area (Å²) in [5.74, 6) is 0.165. The van der Waals surface area contributed by atoms with Gasteiger partial charge in [0.2, 0.25) is 5.91 Å². The van der Waals surface area contributed by atoms with Gasteiger partial charge in [0.15, 0.2) is 0 Å². The summed E-state index contributed by atoms with van der Waals surface area (Å²) in [5, 5.41) is 2.84. The van der Waals surface area contributed by atoms with E-state index in [-0.39, 0.29) is 11.3 Å². The summed E-state index contributed by atoms with van der Waals surface area (Å²) in [6.07, 6.45) is 1.58. The summed E-state index contributed by atoms with van der Waals surface area (Å²) < 4.78 is 5.07. The summed E-state index contributed by atoms with van der Waals surface area (Å²) in [6, 6.07) is 0. The molecule has 3 nitrogen and oxygen atoms in total. The average Bonchev–Trinajstić information content (AvgIpc) is 1.97. The first-order chi connectivity index (χ1) is 5.16. The summed E-state index contributed by atoms with van der Waals surface area (Å²) in [5.41, 5.74) is 0.155. The number of nitrogens with one attached hydrogen (secondary N) is 1. The predicted octanol–water partition coefficient (Wildman–Crippen LogP) is 0.549. The van der Waals surface area contributed by atoms with Crippen LogP contribution in [-0.2, 0) is 9.53 Å². The van der Waals surface area contributed by atoms with Crippen molar-refractivity contribution in [1.29, 1.82) is 0 Å². The molecule has 1 fully saturated rings. The van der Waals surface area contributed by atoms with E-state index in [1.165, 1.54) is 0 Å². The van der Waals surface area contributed by atoms with Crippen LogP contribution >= 0.6 is 0 Å². The van der Waals surface area contributed by atoms with Crippen LogP contribution in [0.5, 0.6) is 0 Å². The summed E-state index contributed by atoms with van der Waals surface area (Å²) in [7, 11) is 1.70. The maximum atomic E-state index is 10.8. The van der Waals surface area contributed by atoms with Gasteiger partial charge in [0.25, 0.3) is 0 Å².